The fourth-order valence-corrected chi connectivity index (χ4v) is 6.64. The molecule has 1 aromatic heterocycles. The molecule has 0 radical (unpaired) electrons. The number of sulfonamides is 1. The third kappa shape index (κ3) is 7.88. The van der Waals surface area contributed by atoms with Crippen LogP contribution in [0.25, 0.3) is 0 Å². The van der Waals surface area contributed by atoms with Gasteiger partial charge in [-0.3, -0.25) is 14.6 Å². The summed E-state index contributed by atoms with van der Waals surface area (Å²) in [6, 6.07) is 13.7. The highest BCUT2D eigenvalue weighted by Gasteiger charge is 2.22. The Morgan fingerprint density at radius 3 is 2.64 bits per heavy atom. The first-order chi connectivity index (χ1) is 20.1. The lowest BCUT2D eigenvalue weighted by atomic mass is 9.90. The van der Waals surface area contributed by atoms with Crippen LogP contribution >= 0.6 is 0 Å². The van der Waals surface area contributed by atoms with Gasteiger partial charge in [0, 0.05) is 56.2 Å². The Labute approximate surface area is 249 Å². The number of rotatable bonds is 10. The quantitative estimate of drug-likeness (QED) is 0.305. The Kier molecular flexibility index (Phi) is 9.50. The Hall–Kier alpha value is -3.01. The van der Waals surface area contributed by atoms with Crippen LogP contribution in [-0.4, -0.2) is 51.2 Å². The third-order valence-corrected chi connectivity index (χ3v) is 9.57. The molecule has 0 atom stereocenters. The number of anilines is 1. The highest BCUT2D eigenvalue weighted by atomic mass is 32.2. The molecule has 0 bridgehead atoms. The number of pyridine rings is 1. The van der Waals surface area contributed by atoms with Crippen LogP contribution in [0.3, 0.4) is 0 Å². The van der Waals surface area contributed by atoms with Crippen molar-refractivity contribution in [1.29, 1.82) is 0 Å². The number of aromatic nitrogens is 1. The van der Waals surface area contributed by atoms with Crippen molar-refractivity contribution in [2.45, 2.75) is 69.7 Å². The zero-order valence-corrected chi connectivity index (χ0v) is 25.7. The summed E-state index contributed by atoms with van der Waals surface area (Å²) in [6.07, 6.45) is 6.51. The minimum Gasteiger partial charge on any atom is -0.493 e. The minimum atomic E-state index is -3.95. The first-order valence-electron chi connectivity index (χ1n) is 14.9. The van der Waals surface area contributed by atoms with Crippen molar-refractivity contribution < 1.29 is 22.3 Å². The monoisotopic (exact) mass is 595 g/mol. The summed E-state index contributed by atoms with van der Waals surface area (Å²) in [5.41, 5.74) is 4.43. The summed E-state index contributed by atoms with van der Waals surface area (Å²) >= 11 is 0. The largest absolute Gasteiger partial charge is 0.493 e. The maximum absolute atomic E-state index is 14.8. The van der Waals surface area contributed by atoms with Crippen molar-refractivity contribution in [3.05, 3.63) is 82.9 Å². The van der Waals surface area contributed by atoms with Gasteiger partial charge in [-0.05, 0) is 91.1 Å². The molecule has 0 aliphatic carbocycles. The molecule has 0 unspecified atom stereocenters. The molecule has 3 heterocycles. The molecular formula is C33H42FN3O4S. The van der Waals surface area contributed by atoms with Crippen LogP contribution in [-0.2, 0) is 39.6 Å². The molecule has 0 amide bonds. The highest BCUT2D eigenvalue weighted by molar-refractivity contribution is 7.92. The smallest absolute Gasteiger partial charge is 0.261 e. The first-order valence-corrected chi connectivity index (χ1v) is 16.4. The van der Waals surface area contributed by atoms with Gasteiger partial charge in [0.05, 0.1) is 17.2 Å². The summed E-state index contributed by atoms with van der Waals surface area (Å²) in [5.74, 6) is 0.280. The number of nitrogens with one attached hydrogen (secondary N) is 1. The number of hydrogen-bond acceptors (Lipinski definition) is 6. The van der Waals surface area contributed by atoms with Crippen LogP contribution in [0.15, 0.2) is 59.6 Å². The van der Waals surface area contributed by atoms with Gasteiger partial charge < -0.3 is 9.47 Å². The molecule has 2 aliphatic rings. The summed E-state index contributed by atoms with van der Waals surface area (Å²) in [7, 11) is -3.95. The predicted molar refractivity (Wildman–Crippen MR) is 163 cm³/mol. The van der Waals surface area contributed by atoms with E-state index in [0.29, 0.717) is 18.3 Å². The second kappa shape index (κ2) is 13.1. The molecule has 42 heavy (non-hydrogen) atoms. The fourth-order valence-electron chi connectivity index (χ4n) is 5.52. The SMILES string of the molecule is CC(C)(C)c1cc(CCN2CCc3cc(S(=O)(=O)Nc4ccc(OCCC5CCOCC5)cc4F)ccc3C2)ccn1. The van der Waals surface area contributed by atoms with E-state index in [1.807, 2.05) is 12.3 Å². The van der Waals surface area contributed by atoms with Crippen LogP contribution < -0.4 is 9.46 Å². The van der Waals surface area contributed by atoms with Gasteiger partial charge in [-0.1, -0.05) is 26.8 Å². The van der Waals surface area contributed by atoms with E-state index in [1.54, 1.807) is 18.2 Å². The topological polar surface area (TPSA) is 80.8 Å². The molecule has 2 aromatic carbocycles. The molecule has 9 heteroatoms. The number of nitrogens with zero attached hydrogens (tertiary/aromatic N) is 2. The zero-order valence-electron chi connectivity index (χ0n) is 24.9. The second-order valence-electron chi connectivity index (χ2n) is 12.4. The van der Waals surface area contributed by atoms with E-state index in [0.717, 1.165) is 81.8 Å². The number of fused-ring (bicyclic) bond motifs is 1. The first kappa shape index (κ1) is 30.4. The van der Waals surface area contributed by atoms with Crippen molar-refractivity contribution >= 4 is 15.7 Å². The molecule has 226 valence electrons. The Bertz CT molecular complexity index is 1480. The highest BCUT2D eigenvalue weighted by Crippen LogP contribution is 2.28. The van der Waals surface area contributed by atoms with Crippen molar-refractivity contribution in [1.82, 2.24) is 9.88 Å². The van der Waals surface area contributed by atoms with Gasteiger partial charge in [0.15, 0.2) is 5.82 Å². The Morgan fingerprint density at radius 1 is 1.07 bits per heavy atom. The van der Waals surface area contributed by atoms with Gasteiger partial charge in [-0.2, -0.15) is 0 Å². The van der Waals surface area contributed by atoms with E-state index < -0.39 is 15.8 Å². The van der Waals surface area contributed by atoms with Crippen molar-refractivity contribution in [3.63, 3.8) is 0 Å². The van der Waals surface area contributed by atoms with E-state index in [9.17, 15) is 12.8 Å². The molecule has 1 saturated heterocycles. The molecule has 3 aromatic rings. The number of ether oxygens (including phenoxy) is 2. The Morgan fingerprint density at radius 2 is 1.88 bits per heavy atom. The maximum atomic E-state index is 14.8. The summed E-state index contributed by atoms with van der Waals surface area (Å²) in [5, 5.41) is 0. The van der Waals surface area contributed by atoms with E-state index in [2.05, 4.69) is 47.5 Å². The van der Waals surface area contributed by atoms with Crippen molar-refractivity contribution in [2.75, 3.05) is 37.6 Å². The van der Waals surface area contributed by atoms with Gasteiger partial charge in [0.1, 0.15) is 5.75 Å². The lowest BCUT2D eigenvalue weighted by molar-refractivity contribution is 0.0593. The minimum absolute atomic E-state index is 0.0151. The summed E-state index contributed by atoms with van der Waals surface area (Å²) in [4.78, 5) is 7.06. The average molecular weight is 596 g/mol. The van der Waals surface area contributed by atoms with E-state index in [4.69, 9.17) is 9.47 Å². The average Bonchev–Trinajstić information content (AvgIpc) is 2.97. The van der Waals surface area contributed by atoms with Crippen molar-refractivity contribution in [2.24, 2.45) is 5.92 Å². The number of benzene rings is 2. The van der Waals surface area contributed by atoms with E-state index in [1.165, 1.54) is 17.7 Å². The summed E-state index contributed by atoms with van der Waals surface area (Å²) < 4.78 is 54.7. The molecule has 1 fully saturated rings. The van der Waals surface area contributed by atoms with Crippen LogP contribution in [0.5, 0.6) is 5.75 Å². The zero-order chi connectivity index (χ0) is 29.7. The lowest BCUT2D eigenvalue weighted by Crippen LogP contribution is -2.32. The molecule has 1 N–H and O–H groups in total. The number of halogens is 1. The van der Waals surface area contributed by atoms with Crippen LogP contribution in [0.2, 0.25) is 0 Å². The third-order valence-electron chi connectivity index (χ3n) is 8.21. The van der Waals surface area contributed by atoms with E-state index in [-0.39, 0.29) is 16.0 Å². The van der Waals surface area contributed by atoms with Gasteiger partial charge in [0.25, 0.3) is 10.0 Å². The standard InChI is InChI=1S/C33H42FN3O4S/c1-33(2,3)32-20-25(8-14-35-32)9-15-37-16-10-26-21-29(6-4-27(26)23-37)42(38,39)36-31-7-5-28(22-30(31)34)41-19-13-24-11-17-40-18-12-24/h4-8,14,20-22,24,36H,9-13,15-19,23H2,1-3H3. The van der Waals surface area contributed by atoms with Gasteiger partial charge in [-0.25, -0.2) is 12.8 Å². The normalized spacial score (nSPS) is 16.7. The van der Waals surface area contributed by atoms with Gasteiger partial charge in [-0.15, -0.1) is 0 Å². The second-order valence-corrected chi connectivity index (χ2v) is 14.1. The lowest BCUT2D eigenvalue weighted by Gasteiger charge is -2.29. The van der Waals surface area contributed by atoms with Gasteiger partial charge in [0.2, 0.25) is 0 Å². The van der Waals surface area contributed by atoms with E-state index >= 15 is 0 Å². The van der Waals surface area contributed by atoms with Crippen molar-refractivity contribution in [3.8, 4) is 5.75 Å². The predicted octanol–water partition coefficient (Wildman–Crippen LogP) is 6.12. The number of hydrogen-bond donors (Lipinski definition) is 1. The molecular weight excluding hydrogens is 553 g/mol. The maximum Gasteiger partial charge on any atom is 0.261 e. The molecule has 5 rings (SSSR count). The Balaban J connectivity index is 1.16. The molecule has 2 aliphatic heterocycles. The van der Waals surface area contributed by atoms with Gasteiger partial charge >= 0.3 is 0 Å². The van der Waals surface area contributed by atoms with Crippen LogP contribution in [0.1, 0.15) is 62.4 Å². The van der Waals surface area contributed by atoms with Crippen LogP contribution in [0, 0.1) is 11.7 Å². The fraction of sp³-hybridized carbons (Fsp3) is 0.485. The molecule has 0 spiro atoms. The summed E-state index contributed by atoms with van der Waals surface area (Å²) in [6.45, 7) is 11.1. The van der Waals surface area contributed by atoms with Crippen LogP contribution in [0.4, 0.5) is 10.1 Å². The molecule has 0 saturated carbocycles. The molecule has 7 nitrogen and oxygen atoms in total.